The second-order valence-electron chi connectivity index (χ2n) is 3.99. The number of nitro groups is 1. The number of aromatic hydroxyl groups is 2. The molecular weight excluding hydrogens is 266 g/mol. The topological polar surface area (TPSA) is 140 Å². The highest BCUT2D eigenvalue weighted by molar-refractivity contribution is 5.86. The van der Waals surface area contributed by atoms with Gasteiger partial charge < -0.3 is 15.9 Å². The van der Waals surface area contributed by atoms with Gasteiger partial charge in [-0.15, -0.1) is 0 Å². The number of nitro benzene ring substituents is 1. The minimum atomic E-state index is -0.691. The summed E-state index contributed by atoms with van der Waals surface area (Å²) in [7, 11) is 0. The first-order valence-corrected chi connectivity index (χ1v) is 5.44. The summed E-state index contributed by atoms with van der Waals surface area (Å²) in [6, 6.07) is 1.89. The number of nitrogens with two attached hydrogens (primary N) is 1. The van der Waals surface area contributed by atoms with Crippen molar-refractivity contribution < 1.29 is 15.1 Å². The molecule has 4 N–H and O–H groups in total. The molecule has 0 radical (unpaired) electrons. The Morgan fingerprint density at radius 1 is 1.45 bits per heavy atom. The molecule has 104 valence electrons. The lowest BCUT2D eigenvalue weighted by Crippen LogP contribution is -1.99. The Morgan fingerprint density at radius 2 is 2.10 bits per heavy atom. The van der Waals surface area contributed by atoms with Crippen molar-refractivity contribution in [2.24, 2.45) is 5.10 Å². The van der Waals surface area contributed by atoms with E-state index in [2.05, 4.69) is 10.1 Å². The summed E-state index contributed by atoms with van der Waals surface area (Å²) in [5, 5.41) is 33.4. The summed E-state index contributed by atoms with van der Waals surface area (Å²) in [5.41, 5.74) is 5.85. The fraction of sp³-hybridized carbons (Fsp3) is 0.0909. The van der Waals surface area contributed by atoms with Crippen molar-refractivity contribution in [2.45, 2.75) is 6.92 Å². The molecule has 1 aromatic carbocycles. The van der Waals surface area contributed by atoms with Crippen LogP contribution in [0.5, 0.6) is 11.5 Å². The SMILES string of the molecule is Cc1cn(N=Cc2cc(O)c(O)cc2[N+](=O)[O-])c(N)n1. The summed E-state index contributed by atoms with van der Waals surface area (Å²) in [5.74, 6) is -0.928. The summed E-state index contributed by atoms with van der Waals surface area (Å²) in [4.78, 5) is 14.1. The molecule has 0 saturated heterocycles. The van der Waals surface area contributed by atoms with E-state index < -0.39 is 16.4 Å². The Labute approximate surface area is 112 Å². The Kier molecular flexibility index (Phi) is 3.25. The molecule has 9 nitrogen and oxygen atoms in total. The molecule has 0 spiro atoms. The first-order chi connectivity index (χ1) is 9.38. The molecule has 0 unspecified atom stereocenters. The molecule has 1 heterocycles. The van der Waals surface area contributed by atoms with Crippen molar-refractivity contribution in [2.75, 3.05) is 5.73 Å². The number of rotatable bonds is 3. The van der Waals surface area contributed by atoms with E-state index in [4.69, 9.17) is 5.73 Å². The van der Waals surface area contributed by atoms with Crippen LogP contribution in [0.3, 0.4) is 0 Å². The van der Waals surface area contributed by atoms with Gasteiger partial charge in [-0.1, -0.05) is 0 Å². The number of hydrogen-bond acceptors (Lipinski definition) is 7. The van der Waals surface area contributed by atoms with Gasteiger partial charge in [0.25, 0.3) is 5.69 Å². The molecule has 0 amide bonds. The molecule has 9 heteroatoms. The highest BCUT2D eigenvalue weighted by atomic mass is 16.6. The molecule has 1 aromatic heterocycles. The zero-order chi connectivity index (χ0) is 14.9. The average molecular weight is 277 g/mol. The van der Waals surface area contributed by atoms with Gasteiger partial charge >= 0.3 is 0 Å². The van der Waals surface area contributed by atoms with E-state index in [-0.39, 0.29) is 17.2 Å². The van der Waals surface area contributed by atoms with Crippen LogP contribution in [0.1, 0.15) is 11.3 Å². The summed E-state index contributed by atoms with van der Waals surface area (Å²) in [6.45, 7) is 1.72. The largest absolute Gasteiger partial charge is 0.504 e. The number of benzene rings is 1. The number of phenols is 2. The van der Waals surface area contributed by atoms with Crippen LogP contribution in [0.25, 0.3) is 0 Å². The maximum atomic E-state index is 10.9. The monoisotopic (exact) mass is 277 g/mol. The van der Waals surface area contributed by atoms with Crippen molar-refractivity contribution in [3.05, 3.63) is 39.7 Å². The van der Waals surface area contributed by atoms with E-state index in [1.54, 1.807) is 6.92 Å². The average Bonchev–Trinajstić information content (AvgIpc) is 2.68. The van der Waals surface area contributed by atoms with Gasteiger partial charge in [0.1, 0.15) is 0 Å². The third-order valence-electron chi connectivity index (χ3n) is 2.48. The minimum Gasteiger partial charge on any atom is -0.504 e. The van der Waals surface area contributed by atoms with Gasteiger partial charge in [-0.2, -0.15) is 5.10 Å². The van der Waals surface area contributed by atoms with E-state index in [1.807, 2.05) is 0 Å². The van der Waals surface area contributed by atoms with Gasteiger partial charge in [-0.05, 0) is 13.0 Å². The summed E-state index contributed by atoms with van der Waals surface area (Å²) >= 11 is 0. The number of nitrogen functional groups attached to an aromatic ring is 1. The van der Waals surface area contributed by atoms with Crippen LogP contribution in [0.15, 0.2) is 23.4 Å². The normalized spacial score (nSPS) is 11.1. The van der Waals surface area contributed by atoms with Crippen molar-refractivity contribution in [1.82, 2.24) is 9.66 Å². The molecule has 0 atom stereocenters. The van der Waals surface area contributed by atoms with Crippen LogP contribution in [0, 0.1) is 17.0 Å². The third kappa shape index (κ3) is 2.51. The Balaban J connectivity index is 2.45. The first kappa shape index (κ1) is 13.3. The van der Waals surface area contributed by atoms with Gasteiger partial charge in [0.05, 0.1) is 34.7 Å². The van der Waals surface area contributed by atoms with Crippen molar-refractivity contribution in [3.8, 4) is 11.5 Å². The number of hydrogen-bond donors (Lipinski definition) is 3. The third-order valence-corrected chi connectivity index (χ3v) is 2.48. The number of anilines is 1. The molecule has 2 aromatic rings. The Morgan fingerprint density at radius 3 is 2.65 bits per heavy atom. The fourth-order valence-corrected chi connectivity index (χ4v) is 1.56. The van der Waals surface area contributed by atoms with Gasteiger partial charge in [0, 0.05) is 0 Å². The minimum absolute atomic E-state index is 0.0241. The highest BCUT2D eigenvalue weighted by Gasteiger charge is 2.16. The molecule has 0 aliphatic carbocycles. The standard InChI is InChI=1S/C11H11N5O4/c1-6-5-15(11(12)14-6)13-4-7-2-9(17)10(18)3-8(7)16(19)20/h2-5,17-18H,1H3,(H2,12,14). The predicted molar refractivity (Wildman–Crippen MR) is 70.8 cm³/mol. The van der Waals surface area contributed by atoms with Crippen LogP contribution in [-0.4, -0.2) is 31.0 Å². The van der Waals surface area contributed by atoms with Crippen molar-refractivity contribution >= 4 is 17.9 Å². The molecule has 0 saturated carbocycles. The van der Waals surface area contributed by atoms with Crippen LogP contribution in [0.4, 0.5) is 11.6 Å². The quantitative estimate of drug-likeness (QED) is 0.330. The zero-order valence-corrected chi connectivity index (χ0v) is 10.4. The Bertz CT molecular complexity index is 707. The number of aryl methyl sites for hydroxylation is 1. The van der Waals surface area contributed by atoms with Gasteiger partial charge in [0.2, 0.25) is 5.95 Å². The van der Waals surface area contributed by atoms with E-state index in [1.165, 1.54) is 10.9 Å². The summed E-state index contributed by atoms with van der Waals surface area (Å²) in [6.07, 6.45) is 2.69. The molecule has 0 aliphatic rings. The lowest BCUT2D eigenvalue weighted by atomic mass is 10.1. The lowest BCUT2D eigenvalue weighted by molar-refractivity contribution is -0.385. The molecule has 0 aliphatic heterocycles. The predicted octanol–water partition coefficient (Wildman–Crippen LogP) is 0.975. The second kappa shape index (κ2) is 4.88. The van der Waals surface area contributed by atoms with E-state index in [0.29, 0.717) is 5.69 Å². The highest BCUT2D eigenvalue weighted by Crippen LogP contribution is 2.31. The number of phenolic OH excluding ortho intramolecular Hbond substituents is 2. The molecule has 20 heavy (non-hydrogen) atoms. The van der Waals surface area contributed by atoms with E-state index >= 15 is 0 Å². The number of aromatic nitrogens is 2. The number of imidazole rings is 1. The lowest BCUT2D eigenvalue weighted by Gasteiger charge is -2.01. The maximum absolute atomic E-state index is 10.9. The molecule has 0 bridgehead atoms. The smallest absolute Gasteiger partial charge is 0.282 e. The number of nitrogens with zero attached hydrogens (tertiary/aromatic N) is 4. The first-order valence-electron chi connectivity index (χ1n) is 5.44. The van der Waals surface area contributed by atoms with E-state index in [0.717, 1.165) is 18.3 Å². The summed E-state index contributed by atoms with van der Waals surface area (Å²) < 4.78 is 1.24. The molecular formula is C11H11N5O4. The van der Waals surface area contributed by atoms with Gasteiger partial charge in [0.15, 0.2) is 11.5 Å². The zero-order valence-electron chi connectivity index (χ0n) is 10.4. The van der Waals surface area contributed by atoms with E-state index in [9.17, 15) is 20.3 Å². The van der Waals surface area contributed by atoms with Crippen LogP contribution < -0.4 is 5.73 Å². The Hall–Kier alpha value is -3.10. The van der Waals surface area contributed by atoms with Crippen LogP contribution in [0.2, 0.25) is 0 Å². The molecule has 2 rings (SSSR count). The van der Waals surface area contributed by atoms with Crippen molar-refractivity contribution in [1.29, 1.82) is 0 Å². The second-order valence-corrected chi connectivity index (χ2v) is 3.99. The van der Waals surface area contributed by atoms with Gasteiger partial charge in [-0.25, -0.2) is 9.66 Å². The van der Waals surface area contributed by atoms with Crippen LogP contribution in [-0.2, 0) is 0 Å². The molecule has 0 fully saturated rings. The maximum Gasteiger partial charge on any atom is 0.282 e. The van der Waals surface area contributed by atoms with Crippen LogP contribution >= 0.6 is 0 Å². The van der Waals surface area contributed by atoms with Gasteiger partial charge in [-0.3, -0.25) is 10.1 Å². The fourth-order valence-electron chi connectivity index (χ4n) is 1.56. The van der Waals surface area contributed by atoms with Crippen molar-refractivity contribution in [3.63, 3.8) is 0 Å².